The second-order valence-corrected chi connectivity index (χ2v) is 18.9. The Morgan fingerprint density at radius 2 is 0.644 bits per heavy atom. The van der Waals surface area contributed by atoms with E-state index in [1.165, 1.54) is 180 Å². The lowest BCUT2D eigenvalue weighted by molar-refractivity contribution is -0.167. The summed E-state index contributed by atoms with van der Waals surface area (Å²) in [4.78, 5) is 38.0. The highest BCUT2D eigenvalue weighted by molar-refractivity contribution is 5.71. The normalized spacial score (nSPS) is 12.5. The first kappa shape index (κ1) is 57.4. The van der Waals surface area contributed by atoms with Gasteiger partial charge in [0.2, 0.25) is 0 Å². The van der Waals surface area contributed by atoms with Gasteiger partial charge in [-0.05, 0) is 31.1 Å². The van der Waals surface area contributed by atoms with Crippen molar-refractivity contribution >= 4 is 17.9 Å². The molecule has 0 rings (SSSR count). The molecule has 0 aromatic rings. The maximum Gasteiger partial charge on any atom is 0.306 e. The Balaban J connectivity index is 4.32. The van der Waals surface area contributed by atoms with Gasteiger partial charge in [-0.3, -0.25) is 14.4 Å². The molecule has 1 unspecified atom stereocenters. The fraction of sp³-hybridized carbons (Fsp3) is 0.943. The number of ether oxygens (including phenoxy) is 3. The second-order valence-electron chi connectivity index (χ2n) is 18.9. The molecule has 0 N–H and O–H groups in total. The summed E-state index contributed by atoms with van der Waals surface area (Å²) in [5.74, 6) is 0.838. The molecule has 2 atom stereocenters. The van der Waals surface area contributed by atoms with E-state index in [4.69, 9.17) is 14.2 Å². The fourth-order valence-corrected chi connectivity index (χ4v) is 7.96. The molecule has 0 aromatic heterocycles. The summed E-state index contributed by atoms with van der Waals surface area (Å²) in [6.07, 6.45) is 46.5. The van der Waals surface area contributed by atoms with Crippen molar-refractivity contribution in [2.45, 2.75) is 298 Å². The maximum absolute atomic E-state index is 12.8. The summed E-state index contributed by atoms with van der Waals surface area (Å²) in [5, 5.41) is 0. The third kappa shape index (κ3) is 45.8. The Bertz CT molecular complexity index is 902. The molecular weight excluding hydrogens is 733 g/mol. The third-order valence-corrected chi connectivity index (χ3v) is 12.3. The van der Waals surface area contributed by atoms with Crippen LogP contribution in [0.15, 0.2) is 0 Å². The zero-order chi connectivity index (χ0) is 43.3. The highest BCUT2D eigenvalue weighted by Crippen LogP contribution is 2.18. The van der Waals surface area contributed by atoms with Gasteiger partial charge in [-0.2, -0.15) is 0 Å². The van der Waals surface area contributed by atoms with Crippen LogP contribution in [0.1, 0.15) is 291 Å². The summed E-state index contributed by atoms with van der Waals surface area (Å²) >= 11 is 0. The van der Waals surface area contributed by atoms with Crippen molar-refractivity contribution in [2.24, 2.45) is 11.8 Å². The van der Waals surface area contributed by atoms with Gasteiger partial charge in [0.25, 0.3) is 0 Å². The van der Waals surface area contributed by atoms with Crippen LogP contribution >= 0.6 is 0 Å². The Morgan fingerprint density at radius 3 is 0.966 bits per heavy atom. The third-order valence-electron chi connectivity index (χ3n) is 12.3. The molecule has 0 radical (unpaired) electrons. The van der Waals surface area contributed by atoms with Crippen LogP contribution in [0.3, 0.4) is 0 Å². The van der Waals surface area contributed by atoms with Crippen LogP contribution in [-0.4, -0.2) is 37.2 Å². The van der Waals surface area contributed by atoms with E-state index in [0.717, 1.165) is 69.6 Å². The molecule has 6 nitrogen and oxygen atoms in total. The van der Waals surface area contributed by atoms with Crippen molar-refractivity contribution in [2.75, 3.05) is 13.2 Å². The minimum absolute atomic E-state index is 0.0637. The number of hydrogen-bond acceptors (Lipinski definition) is 6. The summed E-state index contributed by atoms with van der Waals surface area (Å²) in [7, 11) is 0. The van der Waals surface area contributed by atoms with Gasteiger partial charge in [0, 0.05) is 19.3 Å². The molecule has 0 aliphatic rings. The Hall–Kier alpha value is -1.59. The average molecular weight is 835 g/mol. The molecule has 0 saturated carbocycles. The van der Waals surface area contributed by atoms with Gasteiger partial charge in [-0.1, -0.05) is 253 Å². The Morgan fingerprint density at radius 1 is 0.356 bits per heavy atom. The summed E-state index contributed by atoms with van der Waals surface area (Å²) in [6.45, 7) is 11.4. The minimum atomic E-state index is -0.762. The van der Waals surface area contributed by atoms with E-state index in [9.17, 15) is 14.4 Å². The first-order valence-electron chi connectivity index (χ1n) is 26.3. The van der Waals surface area contributed by atoms with Gasteiger partial charge < -0.3 is 14.2 Å². The Kier molecular flexibility index (Phi) is 44.7. The van der Waals surface area contributed by atoms with Crippen molar-refractivity contribution in [3.05, 3.63) is 0 Å². The predicted octanol–water partition coefficient (Wildman–Crippen LogP) is 16.9. The van der Waals surface area contributed by atoms with E-state index in [-0.39, 0.29) is 31.1 Å². The van der Waals surface area contributed by atoms with Crippen LogP contribution in [0.4, 0.5) is 0 Å². The van der Waals surface area contributed by atoms with Gasteiger partial charge in [-0.15, -0.1) is 0 Å². The number of rotatable bonds is 47. The van der Waals surface area contributed by atoms with Crippen LogP contribution in [-0.2, 0) is 28.6 Å². The van der Waals surface area contributed by atoms with Crippen LogP contribution in [0.2, 0.25) is 0 Å². The Labute approximate surface area is 368 Å². The molecule has 0 saturated heterocycles. The molecule has 350 valence electrons. The first-order chi connectivity index (χ1) is 28.8. The number of unbranched alkanes of at least 4 members (excludes halogenated alkanes) is 31. The van der Waals surface area contributed by atoms with Crippen LogP contribution in [0, 0.1) is 11.8 Å². The van der Waals surface area contributed by atoms with Crippen molar-refractivity contribution in [3.63, 3.8) is 0 Å². The lowest BCUT2D eigenvalue weighted by atomic mass is 9.99. The van der Waals surface area contributed by atoms with Gasteiger partial charge in [0.1, 0.15) is 13.2 Å². The van der Waals surface area contributed by atoms with Crippen molar-refractivity contribution < 1.29 is 28.6 Å². The number of esters is 3. The molecule has 0 aromatic carbocycles. The van der Waals surface area contributed by atoms with Crippen LogP contribution < -0.4 is 0 Å². The first-order valence-corrected chi connectivity index (χ1v) is 26.3. The molecular formula is C53H102O6. The zero-order valence-corrected chi connectivity index (χ0v) is 40.4. The molecule has 0 fully saturated rings. The van der Waals surface area contributed by atoms with Crippen molar-refractivity contribution in [3.8, 4) is 0 Å². The van der Waals surface area contributed by atoms with E-state index in [1.807, 2.05) is 0 Å². The number of hydrogen-bond donors (Lipinski definition) is 0. The minimum Gasteiger partial charge on any atom is -0.462 e. The monoisotopic (exact) mass is 835 g/mol. The van der Waals surface area contributed by atoms with Crippen molar-refractivity contribution in [1.82, 2.24) is 0 Å². The second kappa shape index (κ2) is 45.9. The summed E-state index contributed by atoms with van der Waals surface area (Å²) in [6, 6.07) is 0. The highest BCUT2D eigenvalue weighted by atomic mass is 16.6. The fourth-order valence-electron chi connectivity index (χ4n) is 7.96. The number of carbonyl (C=O) groups is 3. The van der Waals surface area contributed by atoms with E-state index in [0.29, 0.717) is 19.3 Å². The lowest BCUT2D eigenvalue weighted by Crippen LogP contribution is -2.30. The molecule has 0 heterocycles. The lowest BCUT2D eigenvalue weighted by Gasteiger charge is -2.18. The molecule has 0 bridgehead atoms. The van der Waals surface area contributed by atoms with E-state index in [1.54, 1.807) is 0 Å². The van der Waals surface area contributed by atoms with Gasteiger partial charge in [0.05, 0.1) is 0 Å². The average Bonchev–Trinajstić information content (AvgIpc) is 3.22. The molecule has 59 heavy (non-hydrogen) atoms. The smallest absolute Gasteiger partial charge is 0.306 e. The standard InChI is InChI=1S/C53H102O6/c1-6-8-9-10-11-12-13-15-19-22-28-33-38-43-51(54)57-46-50(47-58-52(55)44-39-34-29-25-24-27-32-37-42-49(5)7-2)59-53(56)45-40-35-30-23-20-17-14-16-18-21-26-31-36-41-48(3)4/h48-50H,6-47H2,1-5H3/t49?,50-/m1/s1. The van der Waals surface area contributed by atoms with Gasteiger partial charge in [0.15, 0.2) is 6.10 Å². The molecule has 0 spiro atoms. The molecule has 0 aliphatic heterocycles. The quantitative estimate of drug-likeness (QED) is 0.0345. The topological polar surface area (TPSA) is 78.9 Å². The van der Waals surface area contributed by atoms with E-state index in [2.05, 4.69) is 34.6 Å². The molecule has 6 heteroatoms. The van der Waals surface area contributed by atoms with E-state index < -0.39 is 6.10 Å². The van der Waals surface area contributed by atoms with Crippen LogP contribution in [0.5, 0.6) is 0 Å². The SMILES string of the molecule is CCCCCCCCCCCCCCCC(=O)OC[C@H](COC(=O)CCCCCCCCCCC(C)CC)OC(=O)CCCCCCCCCCCCCCCC(C)C. The maximum atomic E-state index is 12.8. The molecule has 0 aliphatic carbocycles. The molecule has 0 amide bonds. The van der Waals surface area contributed by atoms with Crippen LogP contribution in [0.25, 0.3) is 0 Å². The highest BCUT2D eigenvalue weighted by Gasteiger charge is 2.19. The summed E-state index contributed by atoms with van der Waals surface area (Å²) < 4.78 is 16.8. The number of carbonyl (C=O) groups excluding carboxylic acids is 3. The summed E-state index contributed by atoms with van der Waals surface area (Å²) in [5.41, 5.74) is 0. The van der Waals surface area contributed by atoms with E-state index >= 15 is 0 Å². The largest absolute Gasteiger partial charge is 0.462 e. The zero-order valence-electron chi connectivity index (χ0n) is 40.4. The van der Waals surface area contributed by atoms with Gasteiger partial charge in [-0.25, -0.2) is 0 Å². The predicted molar refractivity (Wildman–Crippen MR) is 252 cm³/mol. The van der Waals surface area contributed by atoms with Gasteiger partial charge >= 0.3 is 17.9 Å². The van der Waals surface area contributed by atoms with Crippen molar-refractivity contribution in [1.29, 1.82) is 0 Å².